The third-order valence-electron chi connectivity index (χ3n) is 6.12. The number of allylic oxidation sites excluding steroid dienone is 1. The molecule has 1 heterocycles. The second-order valence-corrected chi connectivity index (χ2v) is 8.85. The van der Waals surface area contributed by atoms with E-state index in [2.05, 4.69) is 78.9 Å². The normalized spacial score (nSPS) is 13.4. The molecule has 5 aromatic rings. The molecule has 0 saturated carbocycles. The van der Waals surface area contributed by atoms with E-state index in [4.69, 9.17) is 5.73 Å². The van der Waals surface area contributed by atoms with Crippen LogP contribution in [0.3, 0.4) is 0 Å². The Balaban J connectivity index is 1.68. The summed E-state index contributed by atoms with van der Waals surface area (Å²) in [6.45, 7) is 0.573. The lowest BCUT2D eigenvalue weighted by Gasteiger charge is -2.15. The van der Waals surface area contributed by atoms with Crippen molar-refractivity contribution < 1.29 is 0 Å². The standard InChI is InChI=1S/C27H21NS/c28-16-17-6-5-7-18(14-17)19-12-13-24-25(15-19)29-27-23-11-4-2-9-21(23)20-8-1-3-10-22(20)26(24)27/h1,3-8,10-15H,2,9,16,28H2. The summed E-state index contributed by atoms with van der Waals surface area (Å²) in [6.07, 6.45) is 6.93. The lowest BCUT2D eigenvalue weighted by atomic mass is 9.89. The maximum atomic E-state index is 5.85. The summed E-state index contributed by atoms with van der Waals surface area (Å²) in [4.78, 5) is 0. The Hall–Kier alpha value is -2.94. The summed E-state index contributed by atoms with van der Waals surface area (Å²) >= 11 is 1.93. The zero-order valence-corrected chi connectivity index (χ0v) is 16.9. The van der Waals surface area contributed by atoms with Crippen LogP contribution >= 0.6 is 11.3 Å². The third kappa shape index (κ3) is 2.57. The molecule has 0 saturated heterocycles. The molecule has 0 atom stereocenters. The molecule has 0 fully saturated rings. The second-order valence-electron chi connectivity index (χ2n) is 7.80. The van der Waals surface area contributed by atoms with Crippen LogP contribution in [0.4, 0.5) is 0 Å². The summed E-state index contributed by atoms with van der Waals surface area (Å²) in [6, 6.07) is 24.4. The molecule has 2 heteroatoms. The number of fused-ring (bicyclic) bond motifs is 8. The van der Waals surface area contributed by atoms with Gasteiger partial charge in [0.25, 0.3) is 0 Å². The fourth-order valence-corrected chi connectivity index (χ4v) is 6.04. The molecule has 140 valence electrons. The molecule has 0 spiro atoms. The first-order valence-corrected chi connectivity index (χ1v) is 11.0. The molecule has 0 unspecified atom stereocenters. The lowest BCUT2D eigenvalue weighted by molar-refractivity contribution is 1.00. The maximum Gasteiger partial charge on any atom is 0.0436 e. The number of rotatable bonds is 2. The quantitative estimate of drug-likeness (QED) is 0.336. The van der Waals surface area contributed by atoms with E-state index in [9.17, 15) is 0 Å². The van der Waals surface area contributed by atoms with Gasteiger partial charge >= 0.3 is 0 Å². The lowest BCUT2D eigenvalue weighted by Crippen LogP contribution is -1.96. The van der Waals surface area contributed by atoms with Gasteiger partial charge in [0.2, 0.25) is 0 Å². The molecule has 0 amide bonds. The van der Waals surface area contributed by atoms with Gasteiger partial charge in [0.1, 0.15) is 0 Å². The molecule has 0 bridgehead atoms. The second kappa shape index (κ2) is 6.55. The summed E-state index contributed by atoms with van der Waals surface area (Å²) < 4.78 is 2.78. The Morgan fingerprint density at radius 2 is 1.69 bits per heavy atom. The molecule has 2 N–H and O–H groups in total. The van der Waals surface area contributed by atoms with E-state index in [0.29, 0.717) is 6.54 Å². The Labute approximate surface area is 174 Å². The molecule has 29 heavy (non-hydrogen) atoms. The van der Waals surface area contributed by atoms with Crippen LogP contribution in [-0.4, -0.2) is 0 Å². The number of hydrogen-bond donors (Lipinski definition) is 1. The number of thiophene rings is 1. The van der Waals surface area contributed by atoms with Crippen molar-refractivity contribution in [3.8, 4) is 11.1 Å². The molecular weight excluding hydrogens is 370 g/mol. The summed E-state index contributed by atoms with van der Waals surface area (Å²) in [5, 5.41) is 5.58. The molecule has 0 aliphatic heterocycles. The topological polar surface area (TPSA) is 26.0 Å². The Kier molecular flexibility index (Phi) is 3.83. The van der Waals surface area contributed by atoms with Gasteiger partial charge in [-0.05, 0) is 63.6 Å². The van der Waals surface area contributed by atoms with E-state index in [-0.39, 0.29) is 0 Å². The van der Waals surface area contributed by atoms with Crippen LogP contribution < -0.4 is 5.73 Å². The fourth-order valence-electron chi connectivity index (χ4n) is 4.73. The van der Waals surface area contributed by atoms with E-state index in [0.717, 1.165) is 12.8 Å². The Morgan fingerprint density at radius 1 is 0.828 bits per heavy atom. The van der Waals surface area contributed by atoms with E-state index < -0.39 is 0 Å². The molecule has 0 radical (unpaired) electrons. The molecule has 6 rings (SSSR count). The smallest absolute Gasteiger partial charge is 0.0436 e. The number of nitrogens with two attached hydrogens (primary N) is 1. The van der Waals surface area contributed by atoms with Gasteiger partial charge in [-0.25, -0.2) is 0 Å². The summed E-state index contributed by atoms with van der Waals surface area (Å²) in [5.74, 6) is 0. The van der Waals surface area contributed by atoms with Crippen molar-refractivity contribution >= 4 is 48.4 Å². The van der Waals surface area contributed by atoms with Crippen molar-refractivity contribution in [1.29, 1.82) is 0 Å². The Bertz CT molecular complexity index is 1440. The number of aryl methyl sites for hydroxylation is 1. The van der Waals surface area contributed by atoms with Crippen molar-refractivity contribution in [3.05, 3.63) is 89.5 Å². The zero-order valence-electron chi connectivity index (χ0n) is 16.1. The van der Waals surface area contributed by atoms with E-state index >= 15 is 0 Å². The highest BCUT2D eigenvalue weighted by molar-refractivity contribution is 7.26. The minimum Gasteiger partial charge on any atom is -0.326 e. The summed E-state index contributed by atoms with van der Waals surface area (Å²) in [7, 11) is 0. The van der Waals surface area contributed by atoms with E-state index in [1.54, 1.807) is 0 Å². The first-order valence-electron chi connectivity index (χ1n) is 10.2. The summed E-state index contributed by atoms with van der Waals surface area (Å²) in [5.41, 5.74) is 12.5. The molecule has 4 aromatic carbocycles. The largest absolute Gasteiger partial charge is 0.326 e. The number of benzene rings is 4. The van der Waals surface area contributed by atoms with E-state index in [1.165, 1.54) is 58.8 Å². The molecule has 1 nitrogen and oxygen atoms in total. The monoisotopic (exact) mass is 391 g/mol. The minimum absolute atomic E-state index is 0.573. The first-order chi connectivity index (χ1) is 14.3. The van der Waals surface area contributed by atoms with Crippen LogP contribution in [0, 0.1) is 0 Å². The van der Waals surface area contributed by atoms with Gasteiger partial charge in [-0.3, -0.25) is 0 Å². The molecule has 1 aliphatic rings. The highest BCUT2D eigenvalue weighted by Crippen LogP contribution is 2.45. The van der Waals surface area contributed by atoms with Gasteiger partial charge in [-0.2, -0.15) is 0 Å². The van der Waals surface area contributed by atoms with Gasteiger partial charge < -0.3 is 5.73 Å². The zero-order chi connectivity index (χ0) is 19.4. The van der Waals surface area contributed by atoms with Gasteiger partial charge in [0.05, 0.1) is 0 Å². The van der Waals surface area contributed by atoms with Crippen LogP contribution in [0.1, 0.15) is 23.1 Å². The van der Waals surface area contributed by atoms with Crippen LogP contribution in [0.15, 0.2) is 72.8 Å². The van der Waals surface area contributed by atoms with Crippen molar-refractivity contribution in [3.63, 3.8) is 0 Å². The van der Waals surface area contributed by atoms with E-state index in [1.807, 2.05) is 11.3 Å². The van der Waals surface area contributed by atoms with Crippen LogP contribution in [0.25, 0.3) is 48.1 Å². The SMILES string of the molecule is NCc1cccc(-c2ccc3c(c2)sc2c4c(c5ccccc5c23)CCC=C4)c1. The average molecular weight is 392 g/mol. The van der Waals surface area contributed by atoms with Crippen molar-refractivity contribution in [2.75, 3.05) is 0 Å². The highest BCUT2D eigenvalue weighted by atomic mass is 32.1. The van der Waals surface area contributed by atoms with Gasteiger partial charge in [-0.1, -0.05) is 66.7 Å². The Morgan fingerprint density at radius 3 is 2.59 bits per heavy atom. The van der Waals surface area contributed by atoms with Crippen LogP contribution in [-0.2, 0) is 13.0 Å². The first kappa shape index (κ1) is 17.0. The van der Waals surface area contributed by atoms with Crippen molar-refractivity contribution in [2.24, 2.45) is 5.73 Å². The van der Waals surface area contributed by atoms with Gasteiger partial charge in [0.15, 0.2) is 0 Å². The number of hydrogen-bond acceptors (Lipinski definition) is 2. The third-order valence-corrected chi connectivity index (χ3v) is 7.31. The molecule has 1 aromatic heterocycles. The molecular formula is C27H21NS. The average Bonchev–Trinajstić information content (AvgIpc) is 3.18. The van der Waals surface area contributed by atoms with Gasteiger partial charge in [-0.15, -0.1) is 11.3 Å². The maximum absolute atomic E-state index is 5.85. The van der Waals surface area contributed by atoms with Gasteiger partial charge in [0, 0.05) is 26.7 Å². The fraction of sp³-hybridized carbons (Fsp3) is 0.111. The highest BCUT2D eigenvalue weighted by Gasteiger charge is 2.18. The predicted octanol–water partition coefficient (Wildman–Crippen LogP) is 7.29. The predicted molar refractivity (Wildman–Crippen MR) is 128 cm³/mol. The molecule has 1 aliphatic carbocycles. The van der Waals surface area contributed by atoms with Crippen molar-refractivity contribution in [2.45, 2.75) is 19.4 Å². The van der Waals surface area contributed by atoms with Crippen LogP contribution in [0.5, 0.6) is 0 Å². The van der Waals surface area contributed by atoms with Crippen LogP contribution in [0.2, 0.25) is 0 Å². The van der Waals surface area contributed by atoms with Crippen molar-refractivity contribution in [1.82, 2.24) is 0 Å². The minimum atomic E-state index is 0.573.